The molecule has 9 heteroatoms. The summed E-state index contributed by atoms with van der Waals surface area (Å²) in [5, 5.41) is 23.4. The van der Waals surface area contributed by atoms with Gasteiger partial charge in [0.1, 0.15) is 16.9 Å². The number of nitrogens with one attached hydrogen (secondary N) is 1. The van der Waals surface area contributed by atoms with Crippen molar-refractivity contribution in [2.75, 3.05) is 7.05 Å². The van der Waals surface area contributed by atoms with Crippen molar-refractivity contribution in [3.63, 3.8) is 0 Å². The largest absolute Gasteiger partial charge is 0.505 e. The fourth-order valence-electron chi connectivity index (χ4n) is 4.53. The zero-order chi connectivity index (χ0) is 24.2. The lowest BCUT2D eigenvalue weighted by molar-refractivity contribution is -0.143. The van der Waals surface area contributed by atoms with Crippen molar-refractivity contribution in [3.05, 3.63) is 70.2 Å². The summed E-state index contributed by atoms with van der Waals surface area (Å²) in [7, 11) is 1.60. The van der Waals surface area contributed by atoms with Gasteiger partial charge in [-0.15, -0.1) is 0 Å². The fourth-order valence-corrected chi connectivity index (χ4v) is 4.53. The number of halogens is 1. The third kappa shape index (κ3) is 3.63. The molecule has 2 aliphatic rings. The van der Waals surface area contributed by atoms with Crippen molar-refractivity contribution >= 4 is 28.7 Å². The van der Waals surface area contributed by atoms with Crippen LogP contribution in [0.25, 0.3) is 10.9 Å². The summed E-state index contributed by atoms with van der Waals surface area (Å²) >= 11 is 0. The van der Waals surface area contributed by atoms with E-state index in [0.29, 0.717) is 35.8 Å². The Labute approximate surface area is 194 Å². The van der Waals surface area contributed by atoms with Crippen molar-refractivity contribution in [2.24, 2.45) is 0 Å². The number of aromatic nitrogens is 1. The van der Waals surface area contributed by atoms with Crippen LogP contribution < -0.4 is 5.32 Å². The van der Waals surface area contributed by atoms with Crippen molar-refractivity contribution in [1.82, 2.24) is 15.2 Å². The van der Waals surface area contributed by atoms with Gasteiger partial charge in [-0.05, 0) is 59.7 Å². The summed E-state index contributed by atoms with van der Waals surface area (Å²) in [6, 6.07) is 7.89. The number of carbonyl (C=O) groups is 3. The Kier molecular flexibility index (Phi) is 5.00. The molecule has 0 bridgehead atoms. The van der Waals surface area contributed by atoms with E-state index in [9.17, 15) is 29.0 Å². The minimum atomic E-state index is -1.23. The van der Waals surface area contributed by atoms with E-state index >= 15 is 0 Å². The molecule has 1 saturated carbocycles. The first-order valence-electron chi connectivity index (χ1n) is 10.9. The van der Waals surface area contributed by atoms with E-state index < -0.39 is 17.4 Å². The number of carboxylic acids is 1. The molecule has 0 saturated heterocycles. The molecule has 1 aromatic heterocycles. The monoisotopic (exact) mass is 463 g/mol. The van der Waals surface area contributed by atoms with Crippen LogP contribution in [0.1, 0.15) is 45.5 Å². The summed E-state index contributed by atoms with van der Waals surface area (Å²) in [4.78, 5) is 42.9. The van der Waals surface area contributed by atoms with Gasteiger partial charge in [0.15, 0.2) is 5.75 Å². The van der Waals surface area contributed by atoms with Crippen molar-refractivity contribution in [2.45, 2.75) is 37.8 Å². The summed E-state index contributed by atoms with van der Waals surface area (Å²) in [6.45, 7) is 0.215. The molecule has 34 heavy (non-hydrogen) atoms. The number of amides is 2. The molecule has 3 aromatic rings. The topological polar surface area (TPSA) is 120 Å². The number of fused-ring (bicyclic) bond motifs is 2. The van der Waals surface area contributed by atoms with E-state index in [1.807, 2.05) is 0 Å². The molecule has 2 aromatic carbocycles. The number of aliphatic carboxylic acids is 1. The molecular weight excluding hydrogens is 441 g/mol. The highest BCUT2D eigenvalue weighted by atomic mass is 19.1. The molecule has 1 fully saturated rings. The number of nitrogens with zero attached hydrogens (tertiary/aromatic N) is 2. The number of phenolic OH excluding ortho intramolecular Hbond substituents is 1. The Morgan fingerprint density at radius 1 is 1.21 bits per heavy atom. The van der Waals surface area contributed by atoms with Gasteiger partial charge >= 0.3 is 5.97 Å². The van der Waals surface area contributed by atoms with Gasteiger partial charge in [-0.1, -0.05) is 12.1 Å². The van der Waals surface area contributed by atoms with Gasteiger partial charge in [0, 0.05) is 25.2 Å². The predicted molar refractivity (Wildman–Crippen MR) is 120 cm³/mol. The van der Waals surface area contributed by atoms with Crippen LogP contribution in [0.4, 0.5) is 4.39 Å². The second-order valence-corrected chi connectivity index (χ2v) is 9.00. The highest BCUT2D eigenvalue weighted by Crippen LogP contribution is 2.40. The summed E-state index contributed by atoms with van der Waals surface area (Å²) in [5.41, 5.74) is 1.80. The lowest BCUT2D eigenvalue weighted by atomic mass is 9.92. The number of benzene rings is 2. The molecule has 8 nitrogen and oxygen atoms in total. The molecule has 5 rings (SSSR count). The van der Waals surface area contributed by atoms with Crippen molar-refractivity contribution in [1.29, 1.82) is 0 Å². The Morgan fingerprint density at radius 2 is 1.91 bits per heavy atom. The Bertz CT molecular complexity index is 1370. The van der Waals surface area contributed by atoms with E-state index in [1.165, 1.54) is 17.0 Å². The van der Waals surface area contributed by atoms with E-state index in [2.05, 4.69) is 10.3 Å². The molecule has 0 spiro atoms. The number of pyridine rings is 1. The van der Waals surface area contributed by atoms with Gasteiger partial charge in [-0.25, -0.2) is 9.18 Å². The van der Waals surface area contributed by atoms with Gasteiger partial charge in [-0.3, -0.25) is 14.6 Å². The predicted octanol–water partition coefficient (Wildman–Crippen LogP) is 2.53. The van der Waals surface area contributed by atoms with Crippen LogP contribution in [0, 0.1) is 5.82 Å². The minimum Gasteiger partial charge on any atom is -0.505 e. The number of rotatable bonds is 6. The molecule has 3 N–H and O–H groups in total. The molecule has 0 atom stereocenters. The number of carboxylic acid groups (broad SMARTS) is 1. The third-order valence-electron chi connectivity index (χ3n) is 6.55. The zero-order valence-corrected chi connectivity index (χ0v) is 18.4. The first-order valence-corrected chi connectivity index (χ1v) is 10.9. The molecule has 174 valence electrons. The quantitative estimate of drug-likeness (QED) is 0.517. The van der Waals surface area contributed by atoms with Gasteiger partial charge in [0.25, 0.3) is 5.91 Å². The first kappa shape index (κ1) is 21.8. The highest BCUT2D eigenvalue weighted by molar-refractivity contribution is 6.08. The molecule has 2 heterocycles. The van der Waals surface area contributed by atoms with E-state index in [1.54, 1.807) is 31.4 Å². The van der Waals surface area contributed by atoms with Crippen molar-refractivity contribution in [3.8, 4) is 5.75 Å². The van der Waals surface area contributed by atoms with E-state index in [0.717, 1.165) is 11.1 Å². The van der Waals surface area contributed by atoms with Crippen LogP contribution >= 0.6 is 0 Å². The molecular formula is C25H22FN3O5. The van der Waals surface area contributed by atoms with Gasteiger partial charge in [-0.2, -0.15) is 0 Å². The van der Waals surface area contributed by atoms with Gasteiger partial charge in [0.2, 0.25) is 5.91 Å². The number of hydrogen-bond acceptors (Lipinski definition) is 5. The molecule has 1 aliphatic heterocycles. The zero-order valence-electron chi connectivity index (χ0n) is 18.4. The molecule has 2 amide bonds. The lowest BCUT2D eigenvalue weighted by Crippen LogP contribution is -2.43. The number of carbonyl (C=O) groups excluding carboxylic acids is 2. The average Bonchev–Trinajstić information content (AvgIpc) is 3.52. The number of phenols is 1. The van der Waals surface area contributed by atoms with Gasteiger partial charge in [0.05, 0.1) is 12.0 Å². The van der Waals surface area contributed by atoms with E-state index in [4.69, 9.17) is 0 Å². The van der Waals surface area contributed by atoms with Crippen LogP contribution in [0.5, 0.6) is 5.75 Å². The van der Waals surface area contributed by atoms with Crippen molar-refractivity contribution < 1.29 is 29.0 Å². The van der Waals surface area contributed by atoms with E-state index in [-0.39, 0.29) is 41.5 Å². The highest BCUT2D eigenvalue weighted by Gasteiger charge is 2.51. The normalized spacial score (nSPS) is 15.9. The average molecular weight is 463 g/mol. The smallest absolute Gasteiger partial charge is 0.329 e. The Hall–Kier alpha value is -4.01. The lowest BCUT2D eigenvalue weighted by Gasteiger charge is -2.16. The maximum atomic E-state index is 13.3. The SMILES string of the molecule is CN1Cc2c(c(O)c3ncc(Cc4ccc(F)cc4)cc3c2CC(=O)NC2(C(=O)O)CC2)C1=O. The molecule has 1 aliphatic carbocycles. The van der Waals surface area contributed by atoms with Crippen LogP contribution in [0.2, 0.25) is 0 Å². The first-order chi connectivity index (χ1) is 16.2. The van der Waals surface area contributed by atoms with Crippen LogP contribution in [-0.2, 0) is 29.0 Å². The van der Waals surface area contributed by atoms with Crippen LogP contribution in [0.3, 0.4) is 0 Å². The maximum Gasteiger partial charge on any atom is 0.329 e. The van der Waals surface area contributed by atoms with Crippen LogP contribution in [0.15, 0.2) is 36.5 Å². The van der Waals surface area contributed by atoms with Gasteiger partial charge < -0.3 is 20.4 Å². The second kappa shape index (κ2) is 7.79. The number of hydrogen-bond donors (Lipinski definition) is 3. The number of aromatic hydroxyl groups is 1. The summed E-state index contributed by atoms with van der Waals surface area (Å²) in [6.07, 6.45) is 2.61. The Balaban J connectivity index is 1.58. The second-order valence-electron chi connectivity index (χ2n) is 9.00. The molecule has 0 unspecified atom stereocenters. The maximum absolute atomic E-state index is 13.3. The minimum absolute atomic E-state index is 0.121. The summed E-state index contributed by atoms with van der Waals surface area (Å²) < 4.78 is 13.3. The fraction of sp³-hybridized carbons (Fsp3) is 0.280. The van der Waals surface area contributed by atoms with Crippen LogP contribution in [-0.4, -0.2) is 50.5 Å². The third-order valence-corrected chi connectivity index (χ3v) is 6.55. The standard InChI is InChI=1S/C25H22FN3O5/c1-29-12-18-16(10-19(30)28-25(6-7-25)24(33)34)17-9-14(8-13-2-4-15(26)5-3-13)11-27-21(17)22(31)20(18)23(29)32/h2-5,9,11,31H,6-8,10,12H2,1H3,(H,28,30)(H,33,34). The molecule has 0 radical (unpaired) electrons. The summed E-state index contributed by atoms with van der Waals surface area (Å²) in [5.74, 6) is -2.48. The Morgan fingerprint density at radius 3 is 2.56 bits per heavy atom.